The number of benzene rings is 1. The van der Waals surface area contributed by atoms with E-state index in [9.17, 15) is 4.79 Å². The van der Waals surface area contributed by atoms with Gasteiger partial charge in [-0.3, -0.25) is 4.79 Å². The minimum Gasteiger partial charge on any atom is -0.356 e. The van der Waals surface area contributed by atoms with Crippen molar-refractivity contribution in [1.82, 2.24) is 0 Å². The molecule has 1 aromatic rings. The minimum atomic E-state index is -0.202. The Labute approximate surface area is 151 Å². The molecule has 0 radical (unpaired) electrons. The Bertz CT molecular complexity index is 660. The summed E-state index contributed by atoms with van der Waals surface area (Å²) in [5, 5.41) is 0. The molecule has 0 aromatic heterocycles. The number of ether oxygens (including phenoxy) is 2. The van der Waals surface area contributed by atoms with Gasteiger partial charge in [-0.1, -0.05) is 37.6 Å². The number of ketones is 1. The quantitative estimate of drug-likeness (QED) is 0.721. The summed E-state index contributed by atoms with van der Waals surface area (Å²) in [5.74, 6) is 1.06. The first-order chi connectivity index (χ1) is 12.0. The monoisotopic (exact) mass is 342 g/mol. The van der Waals surface area contributed by atoms with Crippen LogP contribution in [0.1, 0.15) is 48.9 Å². The van der Waals surface area contributed by atoms with E-state index in [2.05, 4.69) is 39.0 Å². The van der Waals surface area contributed by atoms with E-state index in [1.54, 1.807) is 14.2 Å². The van der Waals surface area contributed by atoms with Gasteiger partial charge in [-0.25, -0.2) is 0 Å². The molecule has 0 spiro atoms. The summed E-state index contributed by atoms with van der Waals surface area (Å²) < 4.78 is 10.9. The van der Waals surface area contributed by atoms with Crippen molar-refractivity contribution in [2.24, 2.45) is 17.8 Å². The number of methoxy groups -OCH3 is 2. The van der Waals surface area contributed by atoms with E-state index in [0.717, 1.165) is 31.3 Å². The largest absolute Gasteiger partial charge is 0.356 e. The Morgan fingerprint density at radius 3 is 2.16 bits per heavy atom. The second-order valence-corrected chi connectivity index (χ2v) is 7.45. The zero-order valence-corrected chi connectivity index (χ0v) is 16.1. The molecule has 0 aliphatic heterocycles. The van der Waals surface area contributed by atoms with Gasteiger partial charge < -0.3 is 9.47 Å². The molecular formula is C22H30O3. The first kappa shape index (κ1) is 18.3. The fraction of sp³-hybridized carbons (Fsp3) is 0.591. The lowest BCUT2D eigenvalue weighted by Crippen LogP contribution is -2.23. The van der Waals surface area contributed by atoms with Gasteiger partial charge >= 0.3 is 0 Å². The number of hydrogen-bond acceptors (Lipinski definition) is 3. The van der Waals surface area contributed by atoms with Crippen molar-refractivity contribution in [3.8, 4) is 0 Å². The molecule has 3 rings (SSSR count). The molecule has 0 heterocycles. The van der Waals surface area contributed by atoms with Gasteiger partial charge in [0.25, 0.3) is 0 Å². The van der Waals surface area contributed by atoms with Crippen molar-refractivity contribution in [2.75, 3.05) is 14.2 Å². The molecule has 136 valence electrons. The van der Waals surface area contributed by atoms with Gasteiger partial charge in [0, 0.05) is 31.6 Å². The Morgan fingerprint density at radius 2 is 1.68 bits per heavy atom. The van der Waals surface area contributed by atoms with Crippen LogP contribution < -0.4 is 0 Å². The topological polar surface area (TPSA) is 35.5 Å². The Morgan fingerprint density at radius 1 is 1.08 bits per heavy atom. The van der Waals surface area contributed by atoms with Crippen LogP contribution in [0.4, 0.5) is 0 Å². The lowest BCUT2D eigenvalue weighted by Gasteiger charge is -2.21. The number of allylic oxidation sites excluding steroid dienone is 2. The number of carbonyl (C=O) groups excluding carboxylic acids is 1. The first-order valence-corrected chi connectivity index (χ1v) is 9.48. The molecule has 3 nitrogen and oxygen atoms in total. The van der Waals surface area contributed by atoms with Crippen LogP contribution >= 0.6 is 0 Å². The summed E-state index contributed by atoms with van der Waals surface area (Å²) in [7, 11) is 3.36. The molecule has 1 saturated carbocycles. The lowest BCUT2D eigenvalue weighted by atomic mass is 9.87. The molecule has 0 amide bonds. The Kier molecular flexibility index (Phi) is 5.45. The fourth-order valence-corrected chi connectivity index (χ4v) is 4.85. The number of hydrogen-bond donors (Lipinski definition) is 0. The second kappa shape index (κ2) is 7.43. The van der Waals surface area contributed by atoms with Gasteiger partial charge in [0.2, 0.25) is 0 Å². The molecule has 2 aliphatic rings. The summed E-state index contributed by atoms with van der Waals surface area (Å²) in [5.41, 5.74) is 6.07. The third kappa shape index (κ3) is 3.20. The molecule has 25 heavy (non-hydrogen) atoms. The molecule has 1 fully saturated rings. The van der Waals surface area contributed by atoms with Crippen molar-refractivity contribution in [3.63, 3.8) is 0 Å². The predicted molar refractivity (Wildman–Crippen MR) is 100 cm³/mol. The first-order valence-electron chi connectivity index (χ1n) is 9.48. The highest BCUT2D eigenvalue weighted by Gasteiger charge is 2.46. The summed E-state index contributed by atoms with van der Waals surface area (Å²) in [6.45, 7) is 6.49. The number of Topliss-reactive ketones (excluding diaryl/α,β-unsaturated/α-hetero) is 1. The molecule has 0 bridgehead atoms. The Hall–Kier alpha value is -1.45. The van der Waals surface area contributed by atoms with Gasteiger partial charge in [0.15, 0.2) is 12.1 Å². The summed E-state index contributed by atoms with van der Waals surface area (Å²) >= 11 is 0. The van der Waals surface area contributed by atoms with Gasteiger partial charge in [-0.15, -0.1) is 0 Å². The van der Waals surface area contributed by atoms with Crippen LogP contribution in [-0.2, 0) is 27.1 Å². The number of fused-ring (bicyclic) bond motifs is 1. The molecule has 0 N–H and O–H groups in total. The highest BCUT2D eigenvalue weighted by atomic mass is 16.7. The van der Waals surface area contributed by atoms with Crippen LogP contribution in [0, 0.1) is 24.7 Å². The predicted octanol–water partition coefficient (Wildman–Crippen LogP) is 4.35. The normalized spacial score (nSPS) is 25.6. The third-order valence-electron chi connectivity index (χ3n) is 5.96. The van der Waals surface area contributed by atoms with Gasteiger partial charge in [-0.05, 0) is 55.2 Å². The molecule has 1 aromatic carbocycles. The standard InChI is InChI=1S/C22H30O3/c1-6-14-8-13(3)9-15(7-2)20(14)19-11-16-10-17(22(24-4)25-5)12-18(16)21(19)23/h8-9,11,16-18,22H,6-7,10,12H2,1-5H3. The van der Waals surface area contributed by atoms with Crippen LogP contribution in [0.5, 0.6) is 0 Å². The van der Waals surface area contributed by atoms with Gasteiger partial charge in [-0.2, -0.15) is 0 Å². The summed E-state index contributed by atoms with van der Waals surface area (Å²) in [6, 6.07) is 4.48. The van der Waals surface area contributed by atoms with Crippen molar-refractivity contribution in [2.45, 2.75) is 52.7 Å². The highest BCUT2D eigenvalue weighted by Crippen LogP contribution is 2.48. The van der Waals surface area contributed by atoms with Gasteiger partial charge in [0.1, 0.15) is 0 Å². The second-order valence-electron chi connectivity index (χ2n) is 7.45. The molecule has 0 saturated heterocycles. The zero-order valence-electron chi connectivity index (χ0n) is 16.1. The van der Waals surface area contributed by atoms with Crippen LogP contribution in [0.2, 0.25) is 0 Å². The molecular weight excluding hydrogens is 312 g/mol. The molecule has 2 aliphatic carbocycles. The van der Waals surface area contributed by atoms with E-state index >= 15 is 0 Å². The average Bonchev–Trinajstić information content (AvgIpc) is 3.15. The van der Waals surface area contributed by atoms with Crippen molar-refractivity contribution < 1.29 is 14.3 Å². The van der Waals surface area contributed by atoms with Crippen LogP contribution in [0.25, 0.3) is 5.57 Å². The summed E-state index contributed by atoms with van der Waals surface area (Å²) in [6.07, 6.45) is 5.81. The Balaban J connectivity index is 1.94. The maximum atomic E-state index is 13.2. The van der Waals surface area contributed by atoms with E-state index in [4.69, 9.17) is 9.47 Å². The van der Waals surface area contributed by atoms with Crippen molar-refractivity contribution in [3.05, 3.63) is 40.5 Å². The summed E-state index contributed by atoms with van der Waals surface area (Å²) in [4.78, 5) is 13.2. The number of rotatable bonds is 6. The van der Waals surface area contributed by atoms with E-state index in [1.165, 1.54) is 22.3 Å². The van der Waals surface area contributed by atoms with Crippen LogP contribution in [-0.4, -0.2) is 26.3 Å². The number of aryl methyl sites for hydroxylation is 3. The van der Waals surface area contributed by atoms with Crippen molar-refractivity contribution in [1.29, 1.82) is 0 Å². The van der Waals surface area contributed by atoms with Crippen LogP contribution in [0.3, 0.4) is 0 Å². The SMILES string of the molecule is CCc1cc(C)cc(CC)c1C1=CC2CC(C(OC)OC)CC2C1=O. The maximum Gasteiger partial charge on any atom is 0.166 e. The van der Waals surface area contributed by atoms with E-state index in [1.807, 2.05) is 0 Å². The van der Waals surface area contributed by atoms with E-state index in [0.29, 0.717) is 17.6 Å². The van der Waals surface area contributed by atoms with Crippen molar-refractivity contribution >= 4 is 11.4 Å². The van der Waals surface area contributed by atoms with E-state index < -0.39 is 0 Å². The van der Waals surface area contributed by atoms with Crippen LogP contribution in [0.15, 0.2) is 18.2 Å². The van der Waals surface area contributed by atoms with Gasteiger partial charge in [0.05, 0.1) is 0 Å². The third-order valence-corrected chi connectivity index (χ3v) is 5.96. The highest BCUT2D eigenvalue weighted by molar-refractivity contribution is 6.24. The average molecular weight is 342 g/mol. The molecule has 3 unspecified atom stereocenters. The maximum absolute atomic E-state index is 13.2. The fourth-order valence-electron chi connectivity index (χ4n) is 4.85. The van der Waals surface area contributed by atoms with E-state index in [-0.39, 0.29) is 12.2 Å². The molecule has 3 atom stereocenters. The zero-order chi connectivity index (χ0) is 18.1. The minimum absolute atomic E-state index is 0.100. The number of carbonyl (C=O) groups is 1. The lowest BCUT2D eigenvalue weighted by molar-refractivity contribution is -0.137. The molecule has 3 heteroatoms. The smallest absolute Gasteiger partial charge is 0.166 e.